The number of nitrogens with zero attached hydrogens (tertiary/aromatic N) is 1. The van der Waals surface area contributed by atoms with E-state index in [9.17, 15) is 9.90 Å². The van der Waals surface area contributed by atoms with Gasteiger partial charge in [0.2, 0.25) is 0 Å². The lowest BCUT2D eigenvalue weighted by molar-refractivity contribution is -0.145. The Bertz CT molecular complexity index is 343. The van der Waals surface area contributed by atoms with Gasteiger partial charge in [0.15, 0.2) is 11.4 Å². The van der Waals surface area contributed by atoms with Crippen LogP contribution in [0.5, 0.6) is 0 Å². The second-order valence-corrected chi connectivity index (χ2v) is 5.74. The highest BCUT2D eigenvalue weighted by atomic mass is 16.6. The maximum atomic E-state index is 11.9. The first-order chi connectivity index (χ1) is 7.36. The molecule has 0 aromatic carbocycles. The second kappa shape index (κ2) is 3.55. The largest absolute Gasteiger partial charge is 0.409 e. The van der Waals surface area contributed by atoms with Gasteiger partial charge in [-0.25, -0.2) is 9.79 Å². The zero-order valence-corrected chi connectivity index (χ0v) is 10.1. The molecule has 0 unspecified atom stereocenters. The van der Waals surface area contributed by atoms with Crippen LogP contribution in [0.3, 0.4) is 0 Å². The predicted octanol–water partition coefficient (Wildman–Crippen LogP) is 1.66. The van der Waals surface area contributed by atoms with Crippen molar-refractivity contribution in [3.05, 3.63) is 0 Å². The molecule has 2 atom stereocenters. The molecule has 4 nitrogen and oxygen atoms in total. The van der Waals surface area contributed by atoms with Gasteiger partial charge >= 0.3 is 5.97 Å². The minimum Gasteiger partial charge on any atom is -0.409 e. The number of ether oxygens (including phenoxy) is 1. The molecule has 1 N–H and O–H groups in total. The summed E-state index contributed by atoms with van der Waals surface area (Å²) in [4.78, 5) is 16.3. The maximum Gasteiger partial charge on any atom is 0.343 e. The molecule has 4 heteroatoms. The highest BCUT2D eigenvalue weighted by molar-refractivity contribution is 6.02. The summed E-state index contributed by atoms with van der Waals surface area (Å²) in [5.41, 5.74) is -1.28. The molecule has 0 bridgehead atoms. The van der Waals surface area contributed by atoms with Crippen LogP contribution in [-0.4, -0.2) is 28.6 Å². The molecular weight excluding hydrogens is 206 g/mol. The number of cyclic esters (lactones) is 1. The van der Waals surface area contributed by atoms with Gasteiger partial charge < -0.3 is 9.84 Å². The Labute approximate surface area is 95.7 Å². The van der Waals surface area contributed by atoms with Crippen molar-refractivity contribution in [2.24, 2.45) is 10.4 Å². The van der Waals surface area contributed by atoms with Gasteiger partial charge in [-0.05, 0) is 12.8 Å². The zero-order valence-electron chi connectivity index (χ0n) is 10.1. The van der Waals surface area contributed by atoms with E-state index in [4.69, 9.17) is 4.74 Å². The van der Waals surface area contributed by atoms with Gasteiger partial charge in [0, 0.05) is 5.41 Å². The van der Waals surface area contributed by atoms with Crippen LogP contribution < -0.4 is 0 Å². The number of esters is 1. The van der Waals surface area contributed by atoms with E-state index in [1.54, 1.807) is 0 Å². The topological polar surface area (TPSA) is 58.9 Å². The normalized spacial score (nSPS) is 35.1. The highest BCUT2D eigenvalue weighted by Gasteiger charge is 2.53. The SMILES string of the molecule is CC(C)(C)C1=N[C@@]2(CCCC[C@@H]2O)C(=O)O1. The third-order valence-electron chi connectivity index (χ3n) is 3.32. The summed E-state index contributed by atoms with van der Waals surface area (Å²) in [7, 11) is 0. The van der Waals surface area contributed by atoms with Crippen LogP contribution in [0.25, 0.3) is 0 Å². The highest BCUT2D eigenvalue weighted by Crippen LogP contribution is 2.39. The minimum atomic E-state index is -0.999. The molecule has 0 aromatic heterocycles. The summed E-state index contributed by atoms with van der Waals surface area (Å²) in [5, 5.41) is 10.0. The van der Waals surface area contributed by atoms with Crippen molar-refractivity contribution in [1.29, 1.82) is 0 Å². The van der Waals surface area contributed by atoms with E-state index in [1.165, 1.54) is 0 Å². The van der Waals surface area contributed by atoms with Gasteiger partial charge in [-0.15, -0.1) is 0 Å². The Morgan fingerprint density at radius 1 is 1.44 bits per heavy atom. The fraction of sp³-hybridized carbons (Fsp3) is 0.833. The monoisotopic (exact) mass is 225 g/mol. The van der Waals surface area contributed by atoms with E-state index in [1.807, 2.05) is 20.8 Å². The summed E-state index contributed by atoms with van der Waals surface area (Å²) in [6, 6.07) is 0. The van der Waals surface area contributed by atoms with Gasteiger partial charge in [-0.3, -0.25) is 0 Å². The van der Waals surface area contributed by atoms with E-state index < -0.39 is 11.6 Å². The average molecular weight is 225 g/mol. The van der Waals surface area contributed by atoms with Crippen molar-refractivity contribution in [2.75, 3.05) is 0 Å². The number of carbonyl (C=O) groups excluding carboxylic acids is 1. The van der Waals surface area contributed by atoms with Gasteiger partial charge in [0.05, 0.1) is 6.10 Å². The van der Waals surface area contributed by atoms with Crippen LogP contribution in [0.4, 0.5) is 0 Å². The zero-order chi connectivity index (χ0) is 12.0. The van der Waals surface area contributed by atoms with Crippen LogP contribution >= 0.6 is 0 Å². The Morgan fingerprint density at radius 3 is 2.62 bits per heavy atom. The second-order valence-electron chi connectivity index (χ2n) is 5.74. The molecule has 1 aliphatic heterocycles. The van der Waals surface area contributed by atoms with Crippen molar-refractivity contribution in [2.45, 2.75) is 58.1 Å². The molecule has 1 spiro atoms. The molecular formula is C12H19NO3. The quantitative estimate of drug-likeness (QED) is 0.638. The summed E-state index contributed by atoms with van der Waals surface area (Å²) in [6.45, 7) is 5.86. The Hall–Kier alpha value is -0.900. The van der Waals surface area contributed by atoms with Crippen LogP contribution in [0, 0.1) is 5.41 Å². The standard InChI is InChI=1S/C12H19NO3/c1-11(2,3)9-13-12(10(15)16-9)7-5-4-6-8(12)14/h8,14H,4-7H2,1-3H3/t8-,12+/m0/s1. The number of aliphatic hydroxyl groups excluding tert-OH is 1. The van der Waals surface area contributed by atoms with E-state index in [2.05, 4.69) is 4.99 Å². The van der Waals surface area contributed by atoms with E-state index in [0.29, 0.717) is 18.7 Å². The maximum absolute atomic E-state index is 11.9. The average Bonchev–Trinajstić information content (AvgIpc) is 2.50. The first-order valence-corrected chi connectivity index (χ1v) is 5.87. The van der Waals surface area contributed by atoms with Gasteiger partial charge in [-0.1, -0.05) is 33.6 Å². The van der Waals surface area contributed by atoms with Gasteiger partial charge in [0.1, 0.15) is 0 Å². The van der Waals surface area contributed by atoms with Crippen LogP contribution in [0.1, 0.15) is 46.5 Å². The molecule has 1 aliphatic carbocycles. The summed E-state index contributed by atoms with van der Waals surface area (Å²) < 4.78 is 5.24. The minimum absolute atomic E-state index is 0.281. The van der Waals surface area contributed by atoms with Crippen molar-refractivity contribution in [1.82, 2.24) is 0 Å². The summed E-state index contributed by atoms with van der Waals surface area (Å²) in [5.74, 6) is 0.0862. The Kier molecular flexibility index (Phi) is 2.57. The lowest BCUT2D eigenvalue weighted by Crippen LogP contribution is -2.48. The van der Waals surface area contributed by atoms with Crippen molar-refractivity contribution < 1.29 is 14.6 Å². The van der Waals surface area contributed by atoms with Crippen molar-refractivity contribution in [3.8, 4) is 0 Å². The van der Waals surface area contributed by atoms with Crippen LogP contribution in [0.2, 0.25) is 0 Å². The smallest absolute Gasteiger partial charge is 0.343 e. The van der Waals surface area contributed by atoms with Gasteiger partial charge in [-0.2, -0.15) is 0 Å². The number of hydrogen-bond donors (Lipinski definition) is 1. The van der Waals surface area contributed by atoms with E-state index in [0.717, 1.165) is 12.8 Å². The summed E-state index contributed by atoms with van der Waals surface area (Å²) >= 11 is 0. The predicted molar refractivity (Wildman–Crippen MR) is 60.2 cm³/mol. The molecule has 2 aliphatic rings. The molecule has 16 heavy (non-hydrogen) atoms. The molecule has 1 saturated carbocycles. The Morgan fingerprint density at radius 2 is 2.12 bits per heavy atom. The molecule has 1 fully saturated rings. The molecule has 2 rings (SSSR count). The van der Waals surface area contributed by atoms with Crippen molar-refractivity contribution >= 4 is 11.9 Å². The third kappa shape index (κ3) is 1.65. The number of carbonyl (C=O) groups is 1. The molecule has 0 amide bonds. The number of rotatable bonds is 0. The number of aliphatic hydroxyl groups is 1. The van der Waals surface area contributed by atoms with E-state index in [-0.39, 0.29) is 11.4 Å². The molecule has 0 radical (unpaired) electrons. The first-order valence-electron chi connectivity index (χ1n) is 5.87. The fourth-order valence-corrected chi connectivity index (χ4v) is 2.25. The third-order valence-corrected chi connectivity index (χ3v) is 3.32. The lowest BCUT2D eigenvalue weighted by atomic mass is 9.80. The first kappa shape index (κ1) is 11.6. The molecule has 0 saturated heterocycles. The lowest BCUT2D eigenvalue weighted by Gasteiger charge is -2.31. The van der Waals surface area contributed by atoms with Crippen LogP contribution in [0.15, 0.2) is 4.99 Å². The molecule has 0 aromatic rings. The van der Waals surface area contributed by atoms with Gasteiger partial charge in [0.25, 0.3) is 0 Å². The van der Waals surface area contributed by atoms with E-state index >= 15 is 0 Å². The van der Waals surface area contributed by atoms with Crippen molar-refractivity contribution in [3.63, 3.8) is 0 Å². The molecule has 1 heterocycles. The number of aliphatic imine (C=N–C) groups is 1. The van der Waals surface area contributed by atoms with Crippen LogP contribution in [-0.2, 0) is 9.53 Å². The molecule has 90 valence electrons. The Balaban J connectivity index is 2.34. The summed E-state index contributed by atoms with van der Waals surface area (Å²) in [6.07, 6.45) is 2.43. The fourth-order valence-electron chi connectivity index (χ4n) is 2.25. The number of hydrogen-bond acceptors (Lipinski definition) is 4.